The third kappa shape index (κ3) is 7.06. The highest BCUT2D eigenvalue weighted by atomic mass is 79.9. The van der Waals surface area contributed by atoms with Crippen molar-refractivity contribution >= 4 is 78.8 Å². The number of hydrogen-bond donors (Lipinski definition) is 2. The average molecular weight is 600 g/mol. The van der Waals surface area contributed by atoms with E-state index >= 15 is 0 Å². The molecular weight excluding hydrogens is 585 g/mol. The molecule has 0 bridgehead atoms. The molecule has 0 aliphatic carbocycles. The molecule has 0 aliphatic rings. The SMILES string of the molecule is O=C(COc1c(Br)cc(Br)cc1/C=N/NC(=O)c1ccc(Cl)cc1)Nc1ccc(Cl)cc1. The van der Waals surface area contributed by atoms with Crippen molar-refractivity contribution in [3.05, 3.63) is 90.8 Å². The minimum absolute atomic E-state index is 0.235. The largest absolute Gasteiger partial charge is 0.482 e. The fraction of sp³-hybridized carbons (Fsp3) is 0.0455. The van der Waals surface area contributed by atoms with Crippen molar-refractivity contribution in [2.24, 2.45) is 5.10 Å². The molecule has 0 aromatic heterocycles. The smallest absolute Gasteiger partial charge is 0.271 e. The van der Waals surface area contributed by atoms with Crippen LogP contribution in [0.3, 0.4) is 0 Å². The Labute approximate surface area is 211 Å². The molecular formula is C22H15Br2Cl2N3O3. The fourth-order valence-corrected chi connectivity index (χ4v) is 4.15. The van der Waals surface area contributed by atoms with Crippen LogP contribution in [-0.2, 0) is 4.79 Å². The molecule has 3 rings (SSSR count). The Balaban J connectivity index is 1.66. The van der Waals surface area contributed by atoms with Gasteiger partial charge in [-0.2, -0.15) is 5.10 Å². The Morgan fingerprint density at radius 3 is 2.25 bits per heavy atom. The molecule has 0 aliphatic heterocycles. The summed E-state index contributed by atoms with van der Waals surface area (Å²) in [6.45, 7) is -0.235. The number of benzene rings is 3. The molecule has 10 heteroatoms. The molecule has 0 atom stereocenters. The lowest BCUT2D eigenvalue weighted by Crippen LogP contribution is -2.21. The summed E-state index contributed by atoms with van der Waals surface area (Å²) >= 11 is 18.5. The number of nitrogens with zero attached hydrogens (tertiary/aromatic N) is 1. The van der Waals surface area contributed by atoms with Crippen LogP contribution in [0.5, 0.6) is 5.75 Å². The number of rotatable bonds is 7. The Morgan fingerprint density at radius 1 is 0.969 bits per heavy atom. The Bertz CT molecular complexity index is 1150. The van der Waals surface area contributed by atoms with Gasteiger partial charge in [0.1, 0.15) is 5.75 Å². The van der Waals surface area contributed by atoms with Gasteiger partial charge >= 0.3 is 0 Å². The molecule has 0 fully saturated rings. The van der Waals surface area contributed by atoms with E-state index in [1.165, 1.54) is 6.21 Å². The average Bonchev–Trinajstić information content (AvgIpc) is 2.75. The van der Waals surface area contributed by atoms with Crippen molar-refractivity contribution in [2.75, 3.05) is 11.9 Å². The monoisotopic (exact) mass is 597 g/mol. The van der Waals surface area contributed by atoms with Gasteiger partial charge in [-0.05, 0) is 76.6 Å². The van der Waals surface area contributed by atoms with Crippen molar-refractivity contribution in [3.8, 4) is 5.75 Å². The number of carbonyl (C=O) groups is 2. The Kier molecular flexibility index (Phi) is 8.69. The molecule has 32 heavy (non-hydrogen) atoms. The second-order valence-electron chi connectivity index (χ2n) is 6.36. The minimum atomic E-state index is -0.392. The van der Waals surface area contributed by atoms with E-state index in [4.69, 9.17) is 27.9 Å². The van der Waals surface area contributed by atoms with E-state index in [9.17, 15) is 9.59 Å². The summed E-state index contributed by atoms with van der Waals surface area (Å²) < 4.78 is 7.08. The first-order valence-electron chi connectivity index (χ1n) is 9.08. The van der Waals surface area contributed by atoms with E-state index in [1.54, 1.807) is 60.7 Å². The summed E-state index contributed by atoms with van der Waals surface area (Å²) in [6.07, 6.45) is 1.43. The predicted molar refractivity (Wildman–Crippen MR) is 134 cm³/mol. The fourth-order valence-electron chi connectivity index (χ4n) is 2.52. The van der Waals surface area contributed by atoms with E-state index in [0.29, 0.717) is 37.1 Å². The molecule has 0 spiro atoms. The number of hydrazone groups is 1. The van der Waals surface area contributed by atoms with Gasteiger partial charge in [-0.3, -0.25) is 9.59 Å². The number of amides is 2. The second kappa shape index (κ2) is 11.5. The zero-order valence-corrected chi connectivity index (χ0v) is 20.9. The molecule has 6 nitrogen and oxygen atoms in total. The summed E-state index contributed by atoms with van der Waals surface area (Å²) in [4.78, 5) is 24.4. The van der Waals surface area contributed by atoms with Crippen LogP contribution < -0.4 is 15.5 Å². The normalized spacial score (nSPS) is 10.8. The number of carbonyl (C=O) groups excluding carboxylic acids is 2. The number of anilines is 1. The van der Waals surface area contributed by atoms with Crippen molar-refractivity contribution in [3.63, 3.8) is 0 Å². The molecule has 0 radical (unpaired) electrons. The van der Waals surface area contributed by atoms with E-state index in [2.05, 4.69) is 47.7 Å². The van der Waals surface area contributed by atoms with Gasteiger partial charge in [-0.25, -0.2) is 5.43 Å². The Morgan fingerprint density at radius 2 is 1.59 bits per heavy atom. The highest BCUT2D eigenvalue weighted by Crippen LogP contribution is 2.32. The van der Waals surface area contributed by atoms with Gasteiger partial charge < -0.3 is 10.1 Å². The van der Waals surface area contributed by atoms with Crippen LogP contribution in [0, 0.1) is 0 Å². The maximum absolute atomic E-state index is 12.3. The van der Waals surface area contributed by atoms with E-state index < -0.39 is 5.91 Å². The lowest BCUT2D eigenvalue weighted by molar-refractivity contribution is -0.118. The summed E-state index contributed by atoms with van der Waals surface area (Å²) in [5, 5.41) is 7.82. The first-order chi connectivity index (χ1) is 15.3. The third-order valence-corrected chi connectivity index (χ3v) is 5.54. The molecule has 164 valence electrons. The van der Waals surface area contributed by atoms with Gasteiger partial charge in [0.15, 0.2) is 6.61 Å². The van der Waals surface area contributed by atoms with Crippen LogP contribution in [0.2, 0.25) is 10.0 Å². The zero-order valence-electron chi connectivity index (χ0n) is 16.2. The number of nitrogens with one attached hydrogen (secondary N) is 2. The summed E-state index contributed by atoms with van der Waals surface area (Å²) in [7, 11) is 0. The molecule has 3 aromatic rings. The predicted octanol–water partition coefficient (Wildman–Crippen LogP) is 6.30. The van der Waals surface area contributed by atoms with Crippen LogP contribution >= 0.6 is 55.1 Å². The van der Waals surface area contributed by atoms with Crippen LogP contribution in [-0.4, -0.2) is 24.6 Å². The van der Waals surface area contributed by atoms with Crippen molar-refractivity contribution in [1.29, 1.82) is 0 Å². The van der Waals surface area contributed by atoms with Crippen molar-refractivity contribution < 1.29 is 14.3 Å². The topological polar surface area (TPSA) is 79.8 Å². The molecule has 2 N–H and O–H groups in total. The van der Waals surface area contributed by atoms with Crippen LogP contribution in [0.15, 0.2) is 74.7 Å². The zero-order chi connectivity index (χ0) is 23.1. The first kappa shape index (κ1) is 24.3. The maximum Gasteiger partial charge on any atom is 0.271 e. The number of ether oxygens (including phenoxy) is 1. The molecule has 0 saturated heterocycles. The van der Waals surface area contributed by atoms with Crippen molar-refractivity contribution in [2.45, 2.75) is 0 Å². The van der Waals surface area contributed by atoms with Gasteiger partial charge in [0.25, 0.3) is 11.8 Å². The van der Waals surface area contributed by atoms with Gasteiger partial charge in [0.2, 0.25) is 0 Å². The lowest BCUT2D eigenvalue weighted by Gasteiger charge is -2.12. The van der Waals surface area contributed by atoms with Crippen LogP contribution in [0.1, 0.15) is 15.9 Å². The summed E-state index contributed by atoms with van der Waals surface area (Å²) in [5.74, 6) is -0.346. The van der Waals surface area contributed by atoms with E-state index in [0.717, 1.165) is 4.47 Å². The van der Waals surface area contributed by atoms with Crippen LogP contribution in [0.25, 0.3) is 0 Å². The van der Waals surface area contributed by atoms with E-state index in [1.807, 2.05) is 0 Å². The molecule has 0 unspecified atom stereocenters. The first-order valence-corrected chi connectivity index (χ1v) is 11.4. The Hall–Kier alpha value is -2.39. The second-order valence-corrected chi connectivity index (χ2v) is 9.00. The molecule has 0 heterocycles. The van der Waals surface area contributed by atoms with Gasteiger partial charge in [-0.15, -0.1) is 0 Å². The van der Waals surface area contributed by atoms with Gasteiger partial charge in [-0.1, -0.05) is 39.1 Å². The van der Waals surface area contributed by atoms with Gasteiger partial charge in [0, 0.05) is 31.3 Å². The highest BCUT2D eigenvalue weighted by Gasteiger charge is 2.12. The standard InChI is InChI=1S/C22H15Br2Cl2N3O3/c23-15-9-14(11-27-29-22(31)13-1-3-16(25)4-2-13)21(19(24)10-15)32-12-20(30)28-18-7-5-17(26)6-8-18/h1-11H,12H2,(H,28,30)(H,29,31)/b27-11+. The van der Waals surface area contributed by atoms with Gasteiger partial charge in [0.05, 0.1) is 10.7 Å². The number of halogens is 4. The molecule has 2 amide bonds. The van der Waals surface area contributed by atoms with E-state index in [-0.39, 0.29) is 12.5 Å². The quantitative estimate of drug-likeness (QED) is 0.247. The summed E-state index contributed by atoms with van der Waals surface area (Å²) in [5.41, 5.74) is 4.01. The molecule has 3 aromatic carbocycles. The third-order valence-electron chi connectivity index (χ3n) is 3.99. The maximum atomic E-state index is 12.3. The summed E-state index contributed by atoms with van der Waals surface area (Å²) in [6, 6.07) is 16.7. The lowest BCUT2D eigenvalue weighted by atomic mass is 10.2. The number of hydrogen-bond acceptors (Lipinski definition) is 4. The highest BCUT2D eigenvalue weighted by molar-refractivity contribution is 9.11. The van der Waals surface area contributed by atoms with Crippen molar-refractivity contribution in [1.82, 2.24) is 5.43 Å². The minimum Gasteiger partial charge on any atom is -0.482 e. The molecule has 0 saturated carbocycles. The van der Waals surface area contributed by atoms with Crippen LogP contribution in [0.4, 0.5) is 5.69 Å².